The van der Waals surface area contributed by atoms with Crippen molar-refractivity contribution in [2.45, 2.75) is 26.3 Å². The second-order valence-electron chi connectivity index (χ2n) is 4.45. The Labute approximate surface area is 113 Å². The second kappa shape index (κ2) is 6.78. The van der Waals surface area contributed by atoms with Gasteiger partial charge in [-0.2, -0.15) is 0 Å². The number of esters is 1. The maximum absolute atomic E-state index is 12.1. The van der Waals surface area contributed by atoms with Crippen LogP contribution in [-0.4, -0.2) is 25.0 Å². The van der Waals surface area contributed by atoms with E-state index in [0.717, 1.165) is 6.42 Å². The highest BCUT2D eigenvalue weighted by atomic mass is 16.5. The van der Waals surface area contributed by atoms with Crippen LogP contribution in [0, 0.1) is 5.92 Å². The Balaban J connectivity index is 2.88. The van der Waals surface area contributed by atoms with E-state index < -0.39 is 12.0 Å². The van der Waals surface area contributed by atoms with Crippen molar-refractivity contribution in [1.29, 1.82) is 0 Å². The normalized spacial score (nSPS) is 13.4. The van der Waals surface area contributed by atoms with Crippen molar-refractivity contribution in [1.82, 2.24) is 5.32 Å². The van der Waals surface area contributed by atoms with Crippen molar-refractivity contribution in [3.8, 4) is 0 Å². The smallest absolute Gasteiger partial charge is 0.328 e. The summed E-state index contributed by atoms with van der Waals surface area (Å²) >= 11 is 0. The Kier molecular flexibility index (Phi) is 5.36. The third-order valence-corrected chi connectivity index (χ3v) is 3.16. The molecule has 0 bridgehead atoms. The van der Waals surface area contributed by atoms with Gasteiger partial charge >= 0.3 is 5.97 Å². The molecule has 0 saturated heterocycles. The summed E-state index contributed by atoms with van der Waals surface area (Å²) in [5.41, 5.74) is 6.48. The lowest BCUT2D eigenvalue weighted by atomic mass is 9.98. The molecule has 1 aromatic rings. The van der Waals surface area contributed by atoms with Crippen LogP contribution in [0.3, 0.4) is 0 Å². The molecule has 0 spiro atoms. The summed E-state index contributed by atoms with van der Waals surface area (Å²) in [6, 6.07) is 6.07. The molecular formula is C14H20N2O3. The fourth-order valence-corrected chi connectivity index (χ4v) is 1.72. The minimum Gasteiger partial charge on any atom is -0.467 e. The number of hydrogen-bond donors (Lipinski definition) is 2. The van der Waals surface area contributed by atoms with E-state index in [4.69, 9.17) is 10.5 Å². The second-order valence-corrected chi connectivity index (χ2v) is 4.45. The summed E-state index contributed by atoms with van der Waals surface area (Å²) in [5.74, 6) is -0.827. The van der Waals surface area contributed by atoms with Gasteiger partial charge < -0.3 is 15.8 Å². The Hall–Kier alpha value is -2.04. The van der Waals surface area contributed by atoms with Crippen molar-refractivity contribution in [2.75, 3.05) is 12.8 Å². The predicted octanol–water partition coefficient (Wildman–Crippen LogP) is 1.59. The van der Waals surface area contributed by atoms with E-state index in [0.29, 0.717) is 11.3 Å². The number of para-hydroxylation sites is 1. The lowest BCUT2D eigenvalue weighted by molar-refractivity contribution is -0.144. The topological polar surface area (TPSA) is 81.4 Å². The summed E-state index contributed by atoms with van der Waals surface area (Å²) in [6.45, 7) is 3.83. The van der Waals surface area contributed by atoms with Crippen LogP contribution in [-0.2, 0) is 9.53 Å². The summed E-state index contributed by atoms with van der Waals surface area (Å²) in [5, 5.41) is 2.68. The molecule has 0 radical (unpaired) electrons. The number of hydrogen-bond acceptors (Lipinski definition) is 4. The minimum atomic E-state index is -0.665. The molecule has 1 rings (SSSR count). The third kappa shape index (κ3) is 3.71. The van der Waals surface area contributed by atoms with Crippen LogP contribution in [0.1, 0.15) is 30.6 Å². The number of nitrogens with two attached hydrogens (primary N) is 1. The average Bonchev–Trinajstić information content (AvgIpc) is 2.43. The van der Waals surface area contributed by atoms with Gasteiger partial charge in [-0.25, -0.2) is 4.79 Å². The molecule has 0 fully saturated rings. The van der Waals surface area contributed by atoms with Crippen molar-refractivity contribution >= 4 is 17.6 Å². The zero-order valence-corrected chi connectivity index (χ0v) is 11.5. The Morgan fingerprint density at radius 3 is 2.53 bits per heavy atom. The molecule has 104 valence electrons. The molecular weight excluding hydrogens is 244 g/mol. The number of rotatable bonds is 5. The molecule has 0 aromatic heterocycles. The number of benzene rings is 1. The Morgan fingerprint density at radius 1 is 1.37 bits per heavy atom. The molecule has 0 aliphatic carbocycles. The van der Waals surface area contributed by atoms with E-state index in [2.05, 4.69) is 5.32 Å². The first kappa shape index (κ1) is 15.0. The van der Waals surface area contributed by atoms with E-state index in [9.17, 15) is 9.59 Å². The van der Waals surface area contributed by atoms with Gasteiger partial charge in [-0.15, -0.1) is 0 Å². The van der Waals surface area contributed by atoms with Crippen LogP contribution in [0.2, 0.25) is 0 Å². The van der Waals surface area contributed by atoms with Gasteiger partial charge in [0.1, 0.15) is 6.04 Å². The molecule has 0 heterocycles. The minimum absolute atomic E-state index is 0.0127. The Morgan fingerprint density at radius 2 is 2.00 bits per heavy atom. The van der Waals surface area contributed by atoms with Crippen LogP contribution in [0.25, 0.3) is 0 Å². The van der Waals surface area contributed by atoms with Crippen molar-refractivity contribution in [2.24, 2.45) is 5.92 Å². The van der Waals surface area contributed by atoms with Gasteiger partial charge in [0.05, 0.1) is 12.7 Å². The van der Waals surface area contributed by atoms with Crippen LogP contribution in [0.5, 0.6) is 0 Å². The standard InChI is InChI=1S/C14H20N2O3/c1-4-9(2)12(14(18)19-3)16-13(17)10-7-5-6-8-11(10)15/h5-9,12H,4,15H2,1-3H3,(H,16,17). The molecule has 19 heavy (non-hydrogen) atoms. The summed E-state index contributed by atoms with van der Waals surface area (Å²) in [7, 11) is 1.31. The highest BCUT2D eigenvalue weighted by Crippen LogP contribution is 2.13. The van der Waals surface area contributed by atoms with Crippen LogP contribution in [0.4, 0.5) is 5.69 Å². The Bertz CT molecular complexity index is 460. The van der Waals surface area contributed by atoms with Gasteiger partial charge in [0.15, 0.2) is 0 Å². The van der Waals surface area contributed by atoms with Gasteiger partial charge in [0, 0.05) is 5.69 Å². The van der Waals surface area contributed by atoms with Gasteiger partial charge in [0.2, 0.25) is 0 Å². The first-order valence-electron chi connectivity index (χ1n) is 6.24. The quantitative estimate of drug-likeness (QED) is 0.625. The molecule has 0 aliphatic heterocycles. The van der Waals surface area contributed by atoms with E-state index in [1.54, 1.807) is 24.3 Å². The highest BCUT2D eigenvalue weighted by Gasteiger charge is 2.27. The summed E-state index contributed by atoms with van der Waals surface area (Å²) in [6.07, 6.45) is 0.754. The molecule has 1 amide bonds. The molecule has 0 saturated carbocycles. The number of nitrogens with one attached hydrogen (secondary N) is 1. The fraction of sp³-hybridized carbons (Fsp3) is 0.429. The zero-order valence-electron chi connectivity index (χ0n) is 11.5. The number of nitrogen functional groups attached to an aromatic ring is 1. The van der Waals surface area contributed by atoms with Crippen LogP contribution < -0.4 is 11.1 Å². The van der Waals surface area contributed by atoms with Gasteiger partial charge in [-0.05, 0) is 18.1 Å². The van der Waals surface area contributed by atoms with Crippen molar-refractivity contribution < 1.29 is 14.3 Å². The molecule has 0 aliphatic rings. The van der Waals surface area contributed by atoms with E-state index in [1.165, 1.54) is 7.11 Å². The average molecular weight is 264 g/mol. The summed E-state index contributed by atoms with van der Waals surface area (Å²) in [4.78, 5) is 23.8. The summed E-state index contributed by atoms with van der Waals surface area (Å²) < 4.78 is 4.72. The zero-order chi connectivity index (χ0) is 14.4. The number of carbonyl (C=O) groups excluding carboxylic acids is 2. The highest BCUT2D eigenvalue weighted by molar-refractivity contribution is 6.00. The monoisotopic (exact) mass is 264 g/mol. The lowest BCUT2D eigenvalue weighted by Crippen LogP contribution is -2.45. The molecule has 5 nitrogen and oxygen atoms in total. The molecule has 5 heteroatoms. The number of ether oxygens (including phenoxy) is 1. The maximum Gasteiger partial charge on any atom is 0.328 e. The van der Waals surface area contributed by atoms with Gasteiger partial charge in [-0.1, -0.05) is 32.4 Å². The molecule has 2 unspecified atom stereocenters. The largest absolute Gasteiger partial charge is 0.467 e. The number of methoxy groups -OCH3 is 1. The third-order valence-electron chi connectivity index (χ3n) is 3.16. The number of amides is 1. The van der Waals surface area contributed by atoms with Crippen molar-refractivity contribution in [3.05, 3.63) is 29.8 Å². The number of carbonyl (C=O) groups is 2. The molecule has 3 N–H and O–H groups in total. The van der Waals surface area contributed by atoms with E-state index in [-0.39, 0.29) is 11.8 Å². The number of anilines is 1. The first-order valence-corrected chi connectivity index (χ1v) is 6.24. The van der Waals surface area contributed by atoms with E-state index >= 15 is 0 Å². The van der Waals surface area contributed by atoms with Crippen molar-refractivity contribution in [3.63, 3.8) is 0 Å². The van der Waals surface area contributed by atoms with Gasteiger partial charge in [0.25, 0.3) is 5.91 Å². The first-order chi connectivity index (χ1) is 9.01. The SMILES string of the molecule is CCC(C)C(NC(=O)c1ccccc1N)C(=O)OC. The van der Waals surface area contributed by atoms with Crippen LogP contribution in [0.15, 0.2) is 24.3 Å². The van der Waals surface area contributed by atoms with Crippen LogP contribution >= 0.6 is 0 Å². The maximum atomic E-state index is 12.1. The van der Waals surface area contributed by atoms with E-state index in [1.807, 2.05) is 13.8 Å². The van der Waals surface area contributed by atoms with Gasteiger partial charge in [-0.3, -0.25) is 4.79 Å². The fourth-order valence-electron chi connectivity index (χ4n) is 1.72. The predicted molar refractivity (Wildman–Crippen MR) is 73.6 cm³/mol. The lowest BCUT2D eigenvalue weighted by Gasteiger charge is -2.22. The molecule has 2 atom stereocenters. The molecule has 1 aromatic carbocycles.